The molecule has 0 unspecified atom stereocenters. The Bertz CT molecular complexity index is 1150. The number of methoxy groups -OCH3 is 2. The van der Waals surface area contributed by atoms with Gasteiger partial charge in [0.15, 0.2) is 0 Å². The van der Waals surface area contributed by atoms with Crippen LogP contribution in [0.4, 0.5) is 11.4 Å². The number of halogens is 2. The number of ether oxygens (including phenoxy) is 2. The van der Waals surface area contributed by atoms with Crippen molar-refractivity contribution in [2.24, 2.45) is 0 Å². The standard InChI is InChI=1S/C23H18Cl2N2O5/c1-31-22(29)15-9-5-6-13-27(20(15)23(30)32-2)18-12-4-3-8-14(18)21(28)26-19-16(24)10-7-11-17(19)25/h3-13H,1-2H3,(H,26,28). The minimum absolute atomic E-state index is 0.0336. The highest BCUT2D eigenvalue weighted by molar-refractivity contribution is 6.40. The second-order valence-electron chi connectivity index (χ2n) is 6.38. The molecule has 164 valence electrons. The average molecular weight is 473 g/mol. The molecule has 0 bridgehead atoms. The SMILES string of the molecule is COC(=O)C1=C(C(=O)OC)N(c2ccccc2C(=O)Nc2c(Cl)cccc2Cl)C=CC=C1. The van der Waals surface area contributed by atoms with Crippen LogP contribution in [0.25, 0.3) is 0 Å². The summed E-state index contributed by atoms with van der Waals surface area (Å²) in [5, 5.41) is 3.24. The lowest BCUT2D eigenvalue weighted by molar-refractivity contribution is -0.139. The van der Waals surface area contributed by atoms with Crippen molar-refractivity contribution in [3.63, 3.8) is 0 Å². The zero-order valence-electron chi connectivity index (χ0n) is 17.1. The number of nitrogens with zero attached hydrogens (tertiary/aromatic N) is 1. The summed E-state index contributed by atoms with van der Waals surface area (Å²) in [5.41, 5.74) is 0.618. The second-order valence-corrected chi connectivity index (χ2v) is 7.20. The number of hydrogen-bond acceptors (Lipinski definition) is 6. The fourth-order valence-corrected chi connectivity index (χ4v) is 3.52. The molecule has 9 heteroatoms. The quantitative estimate of drug-likeness (QED) is 0.632. The number of allylic oxidation sites excluding steroid dienone is 2. The lowest BCUT2D eigenvalue weighted by atomic mass is 10.1. The van der Waals surface area contributed by atoms with Gasteiger partial charge in [0, 0.05) is 6.20 Å². The van der Waals surface area contributed by atoms with Crippen molar-refractivity contribution in [3.05, 3.63) is 93.8 Å². The monoisotopic (exact) mass is 472 g/mol. The van der Waals surface area contributed by atoms with Gasteiger partial charge < -0.3 is 19.7 Å². The number of rotatable bonds is 5. The zero-order valence-corrected chi connectivity index (χ0v) is 18.6. The van der Waals surface area contributed by atoms with Gasteiger partial charge in [0.25, 0.3) is 5.91 Å². The first kappa shape index (κ1) is 23.1. The number of esters is 2. The van der Waals surface area contributed by atoms with E-state index in [2.05, 4.69) is 5.32 Å². The van der Waals surface area contributed by atoms with Gasteiger partial charge in [-0.25, -0.2) is 9.59 Å². The van der Waals surface area contributed by atoms with Gasteiger partial charge in [0.2, 0.25) is 0 Å². The maximum atomic E-state index is 13.2. The van der Waals surface area contributed by atoms with Gasteiger partial charge >= 0.3 is 11.9 Å². The third-order valence-corrected chi connectivity index (χ3v) is 5.13. The van der Waals surface area contributed by atoms with Crippen LogP contribution in [0, 0.1) is 0 Å². The molecule has 3 rings (SSSR count). The molecule has 0 saturated carbocycles. The molecule has 0 aliphatic carbocycles. The number of anilines is 2. The zero-order chi connectivity index (χ0) is 23.3. The normalized spacial score (nSPS) is 12.9. The summed E-state index contributed by atoms with van der Waals surface area (Å²) in [6.45, 7) is 0. The van der Waals surface area contributed by atoms with Crippen LogP contribution in [0.3, 0.4) is 0 Å². The van der Waals surface area contributed by atoms with Crippen LogP contribution in [0.2, 0.25) is 10.0 Å². The van der Waals surface area contributed by atoms with E-state index in [1.807, 2.05) is 0 Å². The Kier molecular flexibility index (Phi) is 7.35. The van der Waals surface area contributed by atoms with Crippen molar-refractivity contribution in [3.8, 4) is 0 Å². The Labute approximate surface area is 194 Å². The van der Waals surface area contributed by atoms with Crippen LogP contribution in [0.15, 0.2) is 78.2 Å². The molecule has 1 aliphatic heterocycles. The minimum Gasteiger partial charge on any atom is -0.465 e. The molecule has 1 aliphatic rings. The number of benzene rings is 2. The Balaban J connectivity index is 2.12. The van der Waals surface area contributed by atoms with Crippen molar-refractivity contribution < 1.29 is 23.9 Å². The van der Waals surface area contributed by atoms with Crippen molar-refractivity contribution in [2.45, 2.75) is 0 Å². The number of para-hydroxylation sites is 2. The molecule has 2 aromatic rings. The van der Waals surface area contributed by atoms with Crippen LogP contribution in [0.1, 0.15) is 10.4 Å². The highest BCUT2D eigenvalue weighted by atomic mass is 35.5. The molecule has 0 radical (unpaired) electrons. The molecule has 7 nitrogen and oxygen atoms in total. The van der Waals surface area contributed by atoms with E-state index in [-0.39, 0.29) is 32.6 Å². The van der Waals surface area contributed by atoms with Crippen LogP contribution in [-0.4, -0.2) is 32.1 Å². The lowest BCUT2D eigenvalue weighted by Gasteiger charge is -2.25. The van der Waals surface area contributed by atoms with E-state index in [9.17, 15) is 14.4 Å². The van der Waals surface area contributed by atoms with E-state index in [1.165, 1.54) is 31.4 Å². The van der Waals surface area contributed by atoms with Crippen molar-refractivity contribution >= 4 is 52.4 Å². The third kappa shape index (κ3) is 4.69. The fourth-order valence-electron chi connectivity index (χ4n) is 3.02. The smallest absolute Gasteiger partial charge is 0.355 e. The topological polar surface area (TPSA) is 84.9 Å². The van der Waals surface area contributed by atoms with Crippen LogP contribution in [-0.2, 0) is 19.1 Å². The van der Waals surface area contributed by atoms with Crippen LogP contribution in [0.5, 0.6) is 0 Å². The number of amides is 1. The van der Waals surface area contributed by atoms with Gasteiger partial charge in [-0.1, -0.05) is 47.5 Å². The summed E-state index contributed by atoms with van der Waals surface area (Å²) < 4.78 is 9.72. The van der Waals surface area contributed by atoms with Gasteiger partial charge in [-0.2, -0.15) is 0 Å². The molecule has 0 atom stereocenters. The predicted molar refractivity (Wildman–Crippen MR) is 123 cm³/mol. The maximum Gasteiger partial charge on any atom is 0.355 e. The molecule has 32 heavy (non-hydrogen) atoms. The van der Waals surface area contributed by atoms with Gasteiger partial charge in [-0.3, -0.25) is 4.79 Å². The largest absolute Gasteiger partial charge is 0.465 e. The van der Waals surface area contributed by atoms with Crippen molar-refractivity contribution in [1.82, 2.24) is 0 Å². The van der Waals surface area contributed by atoms with Crippen molar-refractivity contribution in [1.29, 1.82) is 0 Å². The summed E-state index contributed by atoms with van der Waals surface area (Å²) in [7, 11) is 2.40. The number of carbonyl (C=O) groups is 3. The van der Waals surface area contributed by atoms with Crippen LogP contribution >= 0.6 is 23.2 Å². The minimum atomic E-state index is -0.786. The van der Waals surface area contributed by atoms with Gasteiger partial charge in [-0.15, -0.1) is 0 Å². The number of nitrogens with one attached hydrogen (secondary N) is 1. The first-order chi connectivity index (χ1) is 15.4. The molecule has 1 amide bonds. The molecule has 0 aromatic heterocycles. The highest BCUT2D eigenvalue weighted by Crippen LogP contribution is 2.33. The average Bonchev–Trinajstić information content (AvgIpc) is 3.03. The van der Waals surface area contributed by atoms with E-state index in [4.69, 9.17) is 32.7 Å². The van der Waals surface area contributed by atoms with E-state index in [0.717, 1.165) is 0 Å². The van der Waals surface area contributed by atoms with Gasteiger partial charge in [0.1, 0.15) is 5.70 Å². The van der Waals surface area contributed by atoms with E-state index < -0.39 is 17.8 Å². The van der Waals surface area contributed by atoms with E-state index >= 15 is 0 Å². The lowest BCUT2D eigenvalue weighted by Crippen LogP contribution is -2.28. The van der Waals surface area contributed by atoms with E-state index in [1.54, 1.807) is 54.6 Å². The highest BCUT2D eigenvalue weighted by Gasteiger charge is 2.29. The summed E-state index contributed by atoms with van der Waals surface area (Å²) >= 11 is 12.4. The Morgan fingerprint density at radius 3 is 2.19 bits per heavy atom. The second kappa shape index (κ2) is 10.2. The van der Waals surface area contributed by atoms with E-state index in [0.29, 0.717) is 5.69 Å². The molecule has 0 saturated heterocycles. The molecule has 1 N–H and O–H groups in total. The van der Waals surface area contributed by atoms with Crippen molar-refractivity contribution in [2.75, 3.05) is 24.4 Å². The molecule has 0 fully saturated rings. The molecular formula is C23H18Cl2N2O5. The predicted octanol–water partition coefficient (Wildman–Crippen LogP) is 4.74. The van der Waals surface area contributed by atoms with Crippen LogP contribution < -0.4 is 10.2 Å². The Morgan fingerprint density at radius 2 is 1.53 bits per heavy atom. The summed E-state index contributed by atoms with van der Waals surface area (Å²) in [6, 6.07) is 11.4. The summed E-state index contributed by atoms with van der Waals surface area (Å²) in [5.74, 6) is -2.05. The molecule has 1 heterocycles. The maximum absolute atomic E-state index is 13.2. The first-order valence-electron chi connectivity index (χ1n) is 9.28. The van der Waals surface area contributed by atoms with Gasteiger partial charge in [0.05, 0.1) is 46.8 Å². The molecular weight excluding hydrogens is 455 g/mol. The Hall–Kier alpha value is -3.55. The number of hydrogen-bond donors (Lipinski definition) is 1. The summed E-state index contributed by atoms with van der Waals surface area (Å²) in [6.07, 6.45) is 6.15. The number of carbonyl (C=O) groups excluding carboxylic acids is 3. The third-order valence-electron chi connectivity index (χ3n) is 4.50. The summed E-state index contributed by atoms with van der Waals surface area (Å²) in [4.78, 5) is 39.6. The Morgan fingerprint density at radius 1 is 0.875 bits per heavy atom. The molecule has 0 spiro atoms. The molecule has 2 aromatic carbocycles. The first-order valence-corrected chi connectivity index (χ1v) is 10.0. The fraction of sp³-hybridized carbons (Fsp3) is 0.0870. The van der Waals surface area contributed by atoms with Gasteiger partial charge in [-0.05, 0) is 36.4 Å².